The Hall–Kier alpha value is -2.81. The first kappa shape index (κ1) is 13.6. The number of imide groups is 1. The van der Waals surface area contributed by atoms with E-state index in [1.165, 1.54) is 13.0 Å². The summed E-state index contributed by atoms with van der Waals surface area (Å²) < 4.78 is 0. The van der Waals surface area contributed by atoms with Crippen LogP contribution in [0.4, 0.5) is 5.69 Å². The fourth-order valence-corrected chi connectivity index (χ4v) is 1.95. The predicted octanol–water partition coefficient (Wildman–Crippen LogP) is -0.431. The van der Waals surface area contributed by atoms with E-state index >= 15 is 0 Å². The van der Waals surface area contributed by atoms with Crippen LogP contribution in [0.2, 0.25) is 0 Å². The smallest absolute Gasteiger partial charge is 0.270 e. The molecule has 3 N–H and O–H groups in total. The number of nitrogens with zero attached hydrogens (tertiary/aromatic N) is 2. The van der Waals surface area contributed by atoms with Gasteiger partial charge in [-0.15, -0.1) is 0 Å². The molecule has 0 aliphatic carbocycles. The molecule has 0 saturated heterocycles. The highest BCUT2D eigenvalue weighted by atomic mass is 16.6. The van der Waals surface area contributed by atoms with Gasteiger partial charge in [0.15, 0.2) is 0 Å². The fourth-order valence-electron chi connectivity index (χ4n) is 1.95. The number of hydrogen-bond acceptors (Lipinski definition) is 6. The Morgan fingerprint density at radius 3 is 2.50 bits per heavy atom. The van der Waals surface area contributed by atoms with Crippen LogP contribution in [0, 0.1) is 10.1 Å². The van der Waals surface area contributed by atoms with Crippen molar-refractivity contribution in [1.29, 1.82) is 0 Å². The van der Waals surface area contributed by atoms with Crippen molar-refractivity contribution in [3.63, 3.8) is 0 Å². The SMILES string of the molecule is CC(C(=O)NN)N1C(=O)c2ccc([N+](=O)[O-])cc2C1=O. The average molecular weight is 278 g/mol. The second kappa shape index (κ2) is 4.70. The molecular formula is C11H10N4O5. The van der Waals surface area contributed by atoms with Crippen LogP contribution in [-0.4, -0.2) is 33.6 Å². The first-order valence-electron chi connectivity index (χ1n) is 5.55. The molecule has 9 nitrogen and oxygen atoms in total. The van der Waals surface area contributed by atoms with Gasteiger partial charge in [-0.05, 0) is 13.0 Å². The minimum Gasteiger partial charge on any atom is -0.292 e. The van der Waals surface area contributed by atoms with Crippen LogP contribution in [0.3, 0.4) is 0 Å². The summed E-state index contributed by atoms with van der Waals surface area (Å²) >= 11 is 0. The number of hydrogen-bond donors (Lipinski definition) is 2. The second-order valence-electron chi connectivity index (χ2n) is 4.15. The Kier molecular flexibility index (Phi) is 3.20. The molecule has 1 aliphatic rings. The van der Waals surface area contributed by atoms with Gasteiger partial charge < -0.3 is 0 Å². The van der Waals surface area contributed by atoms with E-state index in [-0.39, 0.29) is 16.8 Å². The zero-order chi connectivity index (χ0) is 15.0. The van der Waals surface area contributed by atoms with Gasteiger partial charge in [0.1, 0.15) is 6.04 Å². The number of nitro groups is 1. The minimum atomic E-state index is -1.11. The van der Waals surface area contributed by atoms with Crippen molar-refractivity contribution >= 4 is 23.4 Å². The monoisotopic (exact) mass is 278 g/mol. The molecule has 0 radical (unpaired) electrons. The molecule has 0 fully saturated rings. The van der Waals surface area contributed by atoms with Gasteiger partial charge in [-0.3, -0.25) is 34.8 Å². The molecule has 20 heavy (non-hydrogen) atoms. The summed E-state index contributed by atoms with van der Waals surface area (Å²) in [5.41, 5.74) is 1.47. The largest absolute Gasteiger partial charge is 0.292 e. The molecule has 9 heteroatoms. The van der Waals surface area contributed by atoms with Crippen LogP contribution in [-0.2, 0) is 4.79 Å². The molecule has 0 bridgehead atoms. The zero-order valence-electron chi connectivity index (χ0n) is 10.3. The van der Waals surface area contributed by atoms with Gasteiger partial charge in [0.05, 0.1) is 16.1 Å². The van der Waals surface area contributed by atoms with Gasteiger partial charge in [-0.25, -0.2) is 5.84 Å². The van der Waals surface area contributed by atoms with Gasteiger partial charge in [0, 0.05) is 12.1 Å². The average Bonchev–Trinajstić information content (AvgIpc) is 2.68. The van der Waals surface area contributed by atoms with Gasteiger partial charge in [-0.1, -0.05) is 0 Å². The maximum absolute atomic E-state index is 12.1. The van der Waals surface area contributed by atoms with E-state index in [4.69, 9.17) is 5.84 Å². The minimum absolute atomic E-state index is 0.0253. The van der Waals surface area contributed by atoms with Gasteiger partial charge in [0.25, 0.3) is 23.4 Å². The number of fused-ring (bicyclic) bond motifs is 1. The summed E-state index contributed by atoms with van der Waals surface area (Å²) in [4.78, 5) is 46.3. The topological polar surface area (TPSA) is 136 Å². The molecule has 104 valence electrons. The molecule has 1 heterocycles. The standard InChI is InChI=1S/C11H10N4O5/c1-5(9(16)13-12)14-10(17)7-3-2-6(15(19)20)4-8(7)11(14)18/h2-5H,12H2,1H3,(H,13,16). The molecule has 1 unspecified atom stereocenters. The summed E-state index contributed by atoms with van der Waals surface area (Å²) in [5.74, 6) is 2.80. The Morgan fingerprint density at radius 1 is 1.35 bits per heavy atom. The van der Waals surface area contributed by atoms with Crippen LogP contribution in [0.15, 0.2) is 18.2 Å². The summed E-state index contributed by atoms with van der Waals surface area (Å²) in [5, 5.41) is 10.7. The number of nitro benzene ring substituents is 1. The van der Waals surface area contributed by atoms with Crippen LogP contribution >= 0.6 is 0 Å². The predicted molar refractivity (Wildman–Crippen MR) is 65.4 cm³/mol. The molecule has 1 aromatic carbocycles. The second-order valence-corrected chi connectivity index (χ2v) is 4.15. The third-order valence-corrected chi connectivity index (χ3v) is 3.02. The highest BCUT2D eigenvalue weighted by molar-refractivity contribution is 6.23. The number of non-ortho nitro benzene ring substituents is 1. The Morgan fingerprint density at radius 2 is 1.95 bits per heavy atom. The Bertz CT molecular complexity index is 642. The normalized spacial score (nSPS) is 15.0. The molecule has 2 rings (SSSR count). The number of hydrazine groups is 1. The van der Waals surface area contributed by atoms with E-state index in [1.807, 2.05) is 5.43 Å². The third-order valence-electron chi connectivity index (χ3n) is 3.02. The summed E-state index contributed by atoms with van der Waals surface area (Å²) in [7, 11) is 0. The van der Waals surface area contributed by atoms with Crippen molar-refractivity contribution in [2.24, 2.45) is 5.84 Å². The number of benzene rings is 1. The highest BCUT2D eigenvalue weighted by Crippen LogP contribution is 2.28. The van der Waals surface area contributed by atoms with Gasteiger partial charge in [-0.2, -0.15) is 0 Å². The Balaban J connectivity index is 2.45. The maximum atomic E-state index is 12.1. The first-order valence-corrected chi connectivity index (χ1v) is 5.55. The molecule has 3 amide bonds. The van der Waals surface area contributed by atoms with Crippen LogP contribution < -0.4 is 11.3 Å². The third kappa shape index (κ3) is 1.89. The van der Waals surface area contributed by atoms with Crippen molar-refractivity contribution in [3.05, 3.63) is 39.4 Å². The first-order chi connectivity index (χ1) is 9.38. The number of carbonyl (C=O) groups excluding carboxylic acids is 3. The van der Waals surface area contributed by atoms with Crippen molar-refractivity contribution in [2.75, 3.05) is 0 Å². The molecule has 0 saturated carbocycles. The summed E-state index contributed by atoms with van der Waals surface area (Å²) in [6.45, 7) is 1.33. The fraction of sp³-hybridized carbons (Fsp3) is 0.182. The molecule has 1 aliphatic heterocycles. The quantitative estimate of drug-likeness (QED) is 0.253. The molecule has 0 aromatic heterocycles. The summed E-state index contributed by atoms with van der Waals surface area (Å²) in [6.07, 6.45) is 0. The Labute approximate surface area is 112 Å². The lowest BCUT2D eigenvalue weighted by molar-refractivity contribution is -0.384. The highest BCUT2D eigenvalue weighted by Gasteiger charge is 2.41. The maximum Gasteiger partial charge on any atom is 0.270 e. The molecule has 1 aromatic rings. The van der Waals surface area contributed by atoms with Crippen LogP contribution in [0.25, 0.3) is 0 Å². The number of carbonyl (C=O) groups is 3. The zero-order valence-corrected chi connectivity index (χ0v) is 10.3. The molecule has 0 spiro atoms. The van der Waals surface area contributed by atoms with E-state index in [0.29, 0.717) is 0 Å². The van der Waals surface area contributed by atoms with E-state index < -0.39 is 28.7 Å². The summed E-state index contributed by atoms with van der Waals surface area (Å²) in [6, 6.07) is 2.23. The number of rotatable bonds is 3. The number of nitrogens with two attached hydrogens (primary N) is 1. The number of nitrogens with one attached hydrogen (secondary N) is 1. The van der Waals surface area contributed by atoms with E-state index in [0.717, 1.165) is 17.0 Å². The van der Waals surface area contributed by atoms with Crippen molar-refractivity contribution < 1.29 is 19.3 Å². The van der Waals surface area contributed by atoms with Crippen molar-refractivity contribution in [2.45, 2.75) is 13.0 Å². The van der Waals surface area contributed by atoms with Crippen LogP contribution in [0.1, 0.15) is 27.6 Å². The number of amides is 3. The van der Waals surface area contributed by atoms with E-state index in [2.05, 4.69) is 0 Å². The van der Waals surface area contributed by atoms with E-state index in [9.17, 15) is 24.5 Å². The van der Waals surface area contributed by atoms with Gasteiger partial charge >= 0.3 is 0 Å². The lowest BCUT2D eigenvalue weighted by Gasteiger charge is -2.20. The molecule has 1 atom stereocenters. The van der Waals surface area contributed by atoms with E-state index in [1.54, 1.807) is 0 Å². The lowest BCUT2D eigenvalue weighted by atomic mass is 10.1. The van der Waals surface area contributed by atoms with Crippen LogP contribution in [0.5, 0.6) is 0 Å². The van der Waals surface area contributed by atoms with Gasteiger partial charge in [0.2, 0.25) is 0 Å². The van der Waals surface area contributed by atoms with Crippen molar-refractivity contribution in [3.8, 4) is 0 Å². The van der Waals surface area contributed by atoms with Crippen molar-refractivity contribution in [1.82, 2.24) is 10.3 Å². The lowest BCUT2D eigenvalue weighted by Crippen LogP contribution is -2.49. The molecular weight excluding hydrogens is 268 g/mol.